The molecule has 1 heterocycles. The number of fused-ring (bicyclic) bond motifs is 5. The lowest BCUT2D eigenvalue weighted by Gasteiger charge is -2.19. The molecule has 3 fully saturated rings. The smallest absolute Gasteiger partial charge is 0.335 e. The highest BCUT2D eigenvalue weighted by Crippen LogP contribution is 2.56. The molecule has 2 bridgehead atoms. The molecule has 21 heavy (non-hydrogen) atoms. The third-order valence-electron chi connectivity index (χ3n) is 5.30. The van der Waals surface area contributed by atoms with Gasteiger partial charge in [0.15, 0.2) is 0 Å². The average molecular weight is 285 g/mol. The molecule has 5 heteroatoms. The van der Waals surface area contributed by atoms with Gasteiger partial charge in [-0.2, -0.15) is 0 Å². The molecule has 1 aromatic rings. The first-order chi connectivity index (χ1) is 10.1. The molecule has 0 aromatic heterocycles. The second-order valence-corrected chi connectivity index (χ2v) is 6.25. The van der Waals surface area contributed by atoms with Crippen molar-refractivity contribution in [3.8, 4) is 0 Å². The van der Waals surface area contributed by atoms with Crippen LogP contribution in [-0.4, -0.2) is 22.9 Å². The van der Waals surface area contributed by atoms with E-state index in [1.807, 2.05) is 0 Å². The van der Waals surface area contributed by atoms with E-state index < -0.39 is 5.97 Å². The maximum Gasteiger partial charge on any atom is 0.335 e. The van der Waals surface area contributed by atoms with Crippen molar-refractivity contribution in [2.24, 2.45) is 23.7 Å². The number of anilines is 1. The van der Waals surface area contributed by atoms with Gasteiger partial charge in [-0.1, -0.05) is 0 Å². The standard InChI is InChI=1S/C16H15NO4/c18-14-12-9-1-2-10(7-9)13(12)15(19)17(14)11-5-3-8(4-6-11)16(20)21/h3-6,9-10,12-13H,1-2,7H2,(H,20,21)/t9-,10+,12?,13?. The van der Waals surface area contributed by atoms with Crippen LogP contribution in [0.3, 0.4) is 0 Å². The Labute approximate surface area is 121 Å². The maximum atomic E-state index is 12.6. The van der Waals surface area contributed by atoms with Crippen molar-refractivity contribution in [1.29, 1.82) is 0 Å². The van der Waals surface area contributed by atoms with E-state index in [1.165, 1.54) is 17.0 Å². The molecule has 4 atom stereocenters. The molecule has 0 radical (unpaired) electrons. The topological polar surface area (TPSA) is 74.7 Å². The van der Waals surface area contributed by atoms with Crippen LogP contribution in [0.1, 0.15) is 29.6 Å². The highest BCUT2D eigenvalue weighted by Gasteiger charge is 2.61. The zero-order valence-electron chi connectivity index (χ0n) is 11.4. The van der Waals surface area contributed by atoms with Crippen LogP contribution in [0.25, 0.3) is 0 Å². The predicted molar refractivity (Wildman–Crippen MR) is 73.7 cm³/mol. The Kier molecular flexibility index (Phi) is 2.49. The molecule has 2 unspecified atom stereocenters. The summed E-state index contributed by atoms with van der Waals surface area (Å²) in [6.07, 6.45) is 3.12. The third-order valence-corrected chi connectivity index (χ3v) is 5.30. The van der Waals surface area contributed by atoms with E-state index >= 15 is 0 Å². The Balaban J connectivity index is 1.68. The number of carbonyl (C=O) groups excluding carboxylic acids is 2. The quantitative estimate of drug-likeness (QED) is 0.842. The molecular formula is C16H15NO4. The molecule has 1 aliphatic heterocycles. The van der Waals surface area contributed by atoms with Gasteiger partial charge < -0.3 is 5.11 Å². The molecule has 2 aliphatic carbocycles. The first-order valence-corrected chi connectivity index (χ1v) is 7.29. The van der Waals surface area contributed by atoms with Gasteiger partial charge >= 0.3 is 5.97 Å². The number of amides is 2. The molecule has 1 N–H and O–H groups in total. The lowest BCUT2D eigenvalue weighted by atomic mass is 9.81. The van der Waals surface area contributed by atoms with Gasteiger partial charge in [-0.05, 0) is 55.4 Å². The number of aromatic carboxylic acids is 1. The Morgan fingerprint density at radius 3 is 2.00 bits per heavy atom. The van der Waals surface area contributed by atoms with Gasteiger partial charge in [-0.25, -0.2) is 4.79 Å². The fourth-order valence-corrected chi connectivity index (χ4v) is 4.42. The molecule has 3 aliphatic rings. The fraction of sp³-hybridized carbons (Fsp3) is 0.438. The lowest BCUT2D eigenvalue weighted by molar-refractivity contribution is -0.123. The van der Waals surface area contributed by atoms with Gasteiger partial charge in [0.2, 0.25) is 11.8 Å². The predicted octanol–water partition coefficient (Wildman–Crippen LogP) is 1.92. The first-order valence-electron chi connectivity index (χ1n) is 7.29. The van der Waals surface area contributed by atoms with Gasteiger partial charge in [-0.15, -0.1) is 0 Å². The van der Waals surface area contributed by atoms with Crippen LogP contribution in [0.4, 0.5) is 5.69 Å². The Morgan fingerprint density at radius 2 is 1.52 bits per heavy atom. The van der Waals surface area contributed by atoms with Crippen LogP contribution in [-0.2, 0) is 9.59 Å². The van der Waals surface area contributed by atoms with Crippen molar-refractivity contribution in [2.75, 3.05) is 4.90 Å². The number of rotatable bonds is 2. The van der Waals surface area contributed by atoms with Crippen LogP contribution < -0.4 is 4.90 Å². The zero-order valence-corrected chi connectivity index (χ0v) is 11.4. The normalized spacial score (nSPS) is 33.6. The number of hydrogen-bond acceptors (Lipinski definition) is 3. The van der Waals surface area contributed by atoms with Crippen LogP contribution in [0.2, 0.25) is 0 Å². The summed E-state index contributed by atoms with van der Waals surface area (Å²) in [5.74, 6) is -0.777. The van der Waals surface area contributed by atoms with Crippen LogP contribution in [0, 0.1) is 23.7 Å². The van der Waals surface area contributed by atoms with Gasteiger partial charge in [0, 0.05) is 0 Å². The number of hydrogen-bond donors (Lipinski definition) is 1. The molecule has 2 amide bonds. The van der Waals surface area contributed by atoms with Crippen molar-refractivity contribution in [2.45, 2.75) is 19.3 Å². The minimum Gasteiger partial charge on any atom is -0.478 e. The van der Waals surface area contributed by atoms with E-state index in [4.69, 9.17) is 5.11 Å². The van der Waals surface area contributed by atoms with Crippen molar-refractivity contribution in [3.63, 3.8) is 0 Å². The minimum atomic E-state index is -1.02. The number of imide groups is 1. The van der Waals surface area contributed by atoms with Gasteiger partial charge in [-0.3, -0.25) is 14.5 Å². The van der Waals surface area contributed by atoms with Gasteiger partial charge in [0.1, 0.15) is 0 Å². The minimum absolute atomic E-state index is 0.0970. The summed E-state index contributed by atoms with van der Waals surface area (Å²) in [5, 5.41) is 8.91. The Bertz CT molecular complexity index is 623. The number of nitrogens with zero attached hydrogens (tertiary/aromatic N) is 1. The highest BCUT2D eigenvalue weighted by atomic mass is 16.4. The molecule has 4 rings (SSSR count). The number of carboxylic acid groups (broad SMARTS) is 1. The van der Waals surface area contributed by atoms with Crippen molar-refractivity contribution in [1.82, 2.24) is 0 Å². The molecule has 5 nitrogen and oxygen atoms in total. The van der Waals surface area contributed by atoms with Crippen molar-refractivity contribution >= 4 is 23.5 Å². The SMILES string of the molecule is O=C(O)c1ccc(N2C(=O)C3C(C2=O)[C@H]2CC[C@@H]3C2)cc1. The van der Waals surface area contributed by atoms with Crippen molar-refractivity contribution < 1.29 is 19.5 Å². The summed E-state index contributed by atoms with van der Waals surface area (Å²) in [7, 11) is 0. The monoisotopic (exact) mass is 285 g/mol. The van der Waals surface area contributed by atoms with E-state index in [0.29, 0.717) is 17.5 Å². The summed E-state index contributed by atoms with van der Waals surface area (Å²) in [6, 6.07) is 5.95. The maximum absolute atomic E-state index is 12.6. The number of carboxylic acids is 1. The largest absolute Gasteiger partial charge is 0.478 e. The van der Waals surface area contributed by atoms with E-state index in [9.17, 15) is 14.4 Å². The van der Waals surface area contributed by atoms with Crippen molar-refractivity contribution in [3.05, 3.63) is 29.8 Å². The van der Waals surface area contributed by atoms with E-state index in [-0.39, 0.29) is 29.2 Å². The molecule has 108 valence electrons. The number of carbonyl (C=O) groups is 3. The fourth-order valence-electron chi connectivity index (χ4n) is 4.42. The summed E-state index contributed by atoms with van der Waals surface area (Å²) < 4.78 is 0. The summed E-state index contributed by atoms with van der Waals surface area (Å²) >= 11 is 0. The van der Waals surface area contributed by atoms with Crippen LogP contribution in [0.5, 0.6) is 0 Å². The molecule has 1 saturated heterocycles. The Hall–Kier alpha value is -2.17. The molecular weight excluding hydrogens is 270 g/mol. The van der Waals surface area contributed by atoms with E-state index in [2.05, 4.69) is 0 Å². The van der Waals surface area contributed by atoms with Gasteiger partial charge in [0.25, 0.3) is 0 Å². The van der Waals surface area contributed by atoms with Crippen LogP contribution in [0.15, 0.2) is 24.3 Å². The average Bonchev–Trinajstić information content (AvgIpc) is 3.13. The van der Waals surface area contributed by atoms with Gasteiger partial charge in [0.05, 0.1) is 23.1 Å². The number of benzene rings is 1. The highest BCUT2D eigenvalue weighted by molar-refractivity contribution is 6.22. The third kappa shape index (κ3) is 1.60. The first kappa shape index (κ1) is 12.6. The lowest BCUT2D eigenvalue weighted by Crippen LogP contribution is -2.32. The second-order valence-electron chi connectivity index (χ2n) is 6.25. The zero-order chi connectivity index (χ0) is 14.7. The molecule has 1 aromatic carbocycles. The molecule has 2 saturated carbocycles. The summed E-state index contributed by atoms with van der Waals surface area (Å²) in [4.78, 5) is 37.3. The molecule has 0 spiro atoms. The second kappa shape index (κ2) is 4.16. The van der Waals surface area contributed by atoms with E-state index in [0.717, 1.165) is 19.3 Å². The summed E-state index contributed by atoms with van der Waals surface area (Å²) in [5.41, 5.74) is 0.641. The van der Waals surface area contributed by atoms with Crippen LogP contribution >= 0.6 is 0 Å². The summed E-state index contributed by atoms with van der Waals surface area (Å²) in [6.45, 7) is 0. The Morgan fingerprint density at radius 1 is 1.00 bits per heavy atom. The van der Waals surface area contributed by atoms with E-state index in [1.54, 1.807) is 12.1 Å².